The van der Waals surface area contributed by atoms with E-state index >= 15 is 0 Å². The number of nitrogens with zero attached hydrogens (tertiary/aromatic N) is 1. The normalized spacial score (nSPS) is 10.5. The van der Waals surface area contributed by atoms with Crippen molar-refractivity contribution in [3.63, 3.8) is 0 Å². The minimum absolute atomic E-state index is 0.802. The lowest BCUT2D eigenvalue weighted by molar-refractivity contribution is 1.04. The molecule has 1 aromatic heterocycles. The smallest absolute Gasteiger partial charge is 0.0416 e. The summed E-state index contributed by atoms with van der Waals surface area (Å²) in [6, 6.07) is 8.63. The molecule has 3 heteroatoms. The molecule has 0 amide bonds. The summed E-state index contributed by atoms with van der Waals surface area (Å²) in [6.07, 6.45) is 5.80. The van der Waals surface area contributed by atoms with Crippen molar-refractivity contribution in [1.29, 1.82) is 0 Å². The molecule has 19 heavy (non-hydrogen) atoms. The van der Waals surface area contributed by atoms with Gasteiger partial charge in [0.25, 0.3) is 0 Å². The number of halogens is 1. The molecule has 0 bridgehead atoms. The SMILES string of the molecule is CCc1cccc(CC)c1NCc1cncc(Br)c1. The monoisotopic (exact) mass is 318 g/mol. The molecule has 1 N–H and O–H groups in total. The first-order valence-electron chi connectivity index (χ1n) is 6.68. The van der Waals surface area contributed by atoms with E-state index in [0.717, 1.165) is 23.9 Å². The van der Waals surface area contributed by atoms with Crippen molar-refractivity contribution in [1.82, 2.24) is 4.98 Å². The Labute approximate surface area is 123 Å². The van der Waals surface area contributed by atoms with E-state index in [4.69, 9.17) is 0 Å². The van der Waals surface area contributed by atoms with Gasteiger partial charge in [0.05, 0.1) is 0 Å². The molecule has 0 unspecified atom stereocenters. The summed E-state index contributed by atoms with van der Waals surface area (Å²) in [4.78, 5) is 4.19. The Morgan fingerprint density at radius 1 is 1.11 bits per heavy atom. The minimum Gasteiger partial charge on any atom is -0.380 e. The Balaban J connectivity index is 2.19. The number of anilines is 1. The van der Waals surface area contributed by atoms with Gasteiger partial charge in [0.15, 0.2) is 0 Å². The van der Waals surface area contributed by atoms with Gasteiger partial charge in [-0.1, -0.05) is 32.0 Å². The molecular weight excluding hydrogens is 300 g/mol. The van der Waals surface area contributed by atoms with Gasteiger partial charge in [-0.2, -0.15) is 0 Å². The number of hydrogen-bond acceptors (Lipinski definition) is 2. The average molecular weight is 319 g/mol. The zero-order chi connectivity index (χ0) is 13.7. The van der Waals surface area contributed by atoms with Crippen LogP contribution in [0.3, 0.4) is 0 Å². The first-order valence-corrected chi connectivity index (χ1v) is 7.48. The van der Waals surface area contributed by atoms with E-state index in [0.29, 0.717) is 0 Å². The van der Waals surface area contributed by atoms with Crippen LogP contribution in [-0.4, -0.2) is 4.98 Å². The van der Waals surface area contributed by atoms with Crippen LogP contribution in [0.2, 0.25) is 0 Å². The van der Waals surface area contributed by atoms with E-state index in [1.165, 1.54) is 22.4 Å². The molecule has 0 saturated carbocycles. The number of pyridine rings is 1. The first kappa shape index (κ1) is 14.1. The molecule has 2 nitrogen and oxygen atoms in total. The third-order valence-electron chi connectivity index (χ3n) is 3.23. The van der Waals surface area contributed by atoms with E-state index in [9.17, 15) is 0 Å². The molecule has 0 fully saturated rings. The van der Waals surface area contributed by atoms with Crippen molar-refractivity contribution in [3.8, 4) is 0 Å². The topological polar surface area (TPSA) is 24.9 Å². The van der Waals surface area contributed by atoms with E-state index in [1.807, 2.05) is 6.20 Å². The maximum absolute atomic E-state index is 4.19. The summed E-state index contributed by atoms with van der Waals surface area (Å²) in [5.41, 5.74) is 5.22. The molecule has 100 valence electrons. The van der Waals surface area contributed by atoms with Gasteiger partial charge in [-0.3, -0.25) is 4.98 Å². The van der Waals surface area contributed by atoms with Gasteiger partial charge in [-0.05, 0) is 51.5 Å². The fourth-order valence-electron chi connectivity index (χ4n) is 2.21. The number of para-hydroxylation sites is 1. The lowest BCUT2D eigenvalue weighted by atomic mass is 10.0. The van der Waals surface area contributed by atoms with Crippen LogP contribution in [0.25, 0.3) is 0 Å². The van der Waals surface area contributed by atoms with Crippen LogP contribution >= 0.6 is 15.9 Å². The lowest BCUT2D eigenvalue weighted by Gasteiger charge is -2.15. The van der Waals surface area contributed by atoms with Gasteiger partial charge in [0.1, 0.15) is 0 Å². The van der Waals surface area contributed by atoms with Crippen molar-refractivity contribution in [2.75, 3.05) is 5.32 Å². The Kier molecular flexibility index (Phi) is 4.97. The largest absolute Gasteiger partial charge is 0.380 e. The number of rotatable bonds is 5. The second kappa shape index (κ2) is 6.71. The van der Waals surface area contributed by atoms with E-state index < -0.39 is 0 Å². The van der Waals surface area contributed by atoms with Crippen molar-refractivity contribution in [2.45, 2.75) is 33.2 Å². The third-order valence-corrected chi connectivity index (χ3v) is 3.66. The van der Waals surface area contributed by atoms with Crippen molar-refractivity contribution >= 4 is 21.6 Å². The molecule has 0 aliphatic carbocycles. The molecule has 0 aliphatic heterocycles. The van der Waals surface area contributed by atoms with Gasteiger partial charge in [-0.15, -0.1) is 0 Å². The number of aryl methyl sites for hydroxylation is 2. The quantitative estimate of drug-likeness (QED) is 0.872. The molecule has 0 saturated heterocycles. The van der Waals surface area contributed by atoms with Gasteiger partial charge in [-0.25, -0.2) is 0 Å². The second-order valence-electron chi connectivity index (χ2n) is 4.52. The van der Waals surface area contributed by atoms with Crippen LogP contribution in [0.4, 0.5) is 5.69 Å². The van der Waals surface area contributed by atoms with E-state index in [1.54, 1.807) is 6.20 Å². The Morgan fingerprint density at radius 2 is 1.79 bits per heavy atom. The van der Waals surface area contributed by atoms with Crippen LogP contribution in [0.1, 0.15) is 30.5 Å². The van der Waals surface area contributed by atoms with Crippen LogP contribution in [-0.2, 0) is 19.4 Å². The highest BCUT2D eigenvalue weighted by molar-refractivity contribution is 9.10. The van der Waals surface area contributed by atoms with Crippen LogP contribution in [0.5, 0.6) is 0 Å². The Hall–Kier alpha value is -1.35. The zero-order valence-electron chi connectivity index (χ0n) is 11.4. The minimum atomic E-state index is 0.802. The van der Waals surface area contributed by atoms with Crippen LogP contribution in [0.15, 0.2) is 41.1 Å². The van der Waals surface area contributed by atoms with Gasteiger partial charge in [0, 0.05) is 29.1 Å². The highest BCUT2D eigenvalue weighted by Gasteiger charge is 2.05. The summed E-state index contributed by atoms with van der Waals surface area (Å²) < 4.78 is 1.02. The number of hydrogen-bond donors (Lipinski definition) is 1. The summed E-state index contributed by atoms with van der Waals surface area (Å²) in [6.45, 7) is 5.19. The number of benzene rings is 1. The van der Waals surface area contributed by atoms with Crippen molar-refractivity contribution < 1.29 is 0 Å². The highest BCUT2D eigenvalue weighted by atomic mass is 79.9. The highest BCUT2D eigenvalue weighted by Crippen LogP contribution is 2.23. The average Bonchev–Trinajstić information content (AvgIpc) is 2.44. The Morgan fingerprint density at radius 3 is 2.37 bits per heavy atom. The maximum atomic E-state index is 4.19. The number of aromatic nitrogens is 1. The molecule has 0 aliphatic rings. The molecule has 1 aromatic carbocycles. The second-order valence-corrected chi connectivity index (χ2v) is 5.44. The van der Waals surface area contributed by atoms with Crippen LogP contribution < -0.4 is 5.32 Å². The maximum Gasteiger partial charge on any atom is 0.0416 e. The molecule has 2 rings (SSSR count). The summed E-state index contributed by atoms with van der Waals surface area (Å²) >= 11 is 3.45. The van der Waals surface area contributed by atoms with Gasteiger partial charge < -0.3 is 5.32 Å². The summed E-state index contributed by atoms with van der Waals surface area (Å²) in [7, 11) is 0. The van der Waals surface area contributed by atoms with Gasteiger partial charge in [0.2, 0.25) is 0 Å². The molecule has 1 heterocycles. The molecule has 0 radical (unpaired) electrons. The molecule has 0 atom stereocenters. The predicted octanol–water partition coefficient (Wildman–Crippen LogP) is 4.58. The Bertz CT molecular complexity index is 530. The summed E-state index contributed by atoms with van der Waals surface area (Å²) in [5.74, 6) is 0. The molecular formula is C16H19BrN2. The third kappa shape index (κ3) is 3.57. The zero-order valence-corrected chi connectivity index (χ0v) is 13.0. The van der Waals surface area contributed by atoms with E-state index in [-0.39, 0.29) is 0 Å². The summed E-state index contributed by atoms with van der Waals surface area (Å²) in [5, 5.41) is 3.57. The van der Waals surface area contributed by atoms with Crippen LogP contribution in [0, 0.1) is 0 Å². The van der Waals surface area contributed by atoms with Gasteiger partial charge >= 0.3 is 0 Å². The molecule has 0 spiro atoms. The standard InChI is InChI=1S/C16H19BrN2/c1-3-13-6-5-7-14(4-2)16(13)19-10-12-8-15(17)11-18-9-12/h5-9,11,19H,3-4,10H2,1-2H3. The predicted molar refractivity (Wildman–Crippen MR) is 84.5 cm³/mol. The lowest BCUT2D eigenvalue weighted by Crippen LogP contribution is -2.05. The van der Waals surface area contributed by atoms with E-state index in [2.05, 4.69) is 64.3 Å². The van der Waals surface area contributed by atoms with Crippen molar-refractivity contribution in [3.05, 3.63) is 57.8 Å². The molecule has 2 aromatic rings. The fraction of sp³-hybridized carbons (Fsp3) is 0.312. The fourth-order valence-corrected chi connectivity index (χ4v) is 2.62. The number of nitrogens with one attached hydrogen (secondary N) is 1. The van der Waals surface area contributed by atoms with Crippen molar-refractivity contribution in [2.24, 2.45) is 0 Å². The first-order chi connectivity index (χ1) is 9.24.